The molecule has 0 bridgehead atoms. The Kier molecular flexibility index (Phi) is 11.6. The topological polar surface area (TPSA) is 197 Å². The van der Waals surface area contributed by atoms with Crippen molar-refractivity contribution >= 4 is 48.1 Å². The SMILES string of the molecule is C#CCCCC(=O)Nc1ccc2cc(O[C@H]3O[C@H](CCP(=O)(O)O)[C@@H](OC(C)=O)[C@H](OC(C)=O)[C@@H]3OC(C)=O)ccc2n1. The van der Waals surface area contributed by atoms with E-state index in [2.05, 4.69) is 16.2 Å². The molecule has 3 rings (SSSR count). The molecule has 1 aromatic heterocycles. The number of pyridine rings is 1. The van der Waals surface area contributed by atoms with Crippen LogP contribution in [0.4, 0.5) is 5.82 Å². The third kappa shape index (κ3) is 10.3. The summed E-state index contributed by atoms with van der Waals surface area (Å²) in [6.45, 7) is 3.29. The zero-order chi connectivity index (χ0) is 31.7. The molecular weight excluding hydrogens is 587 g/mol. The minimum Gasteiger partial charge on any atom is -0.461 e. The zero-order valence-corrected chi connectivity index (χ0v) is 24.7. The van der Waals surface area contributed by atoms with Crippen LogP contribution in [0.5, 0.6) is 5.75 Å². The summed E-state index contributed by atoms with van der Waals surface area (Å²) in [7, 11) is -4.51. The van der Waals surface area contributed by atoms with Gasteiger partial charge in [0.25, 0.3) is 0 Å². The lowest BCUT2D eigenvalue weighted by Crippen LogP contribution is -2.62. The van der Waals surface area contributed by atoms with E-state index >= 15 is 0 Å². The van der Waals surface area contributed by atoms with Crippen LogP contribution in [0, 0.1) is 12.3 Å². The summed E-state index contributed by atoms with van der Waals surface area (Å²) in [5.41, 5.74) is 0.516. The average Bonchev–Trinajstić information content (AvgIpc) is 2.90. The third-order valence-corrected chi connectivity index (χ3v) is 6.95. The fourth-order valence-corrected chi connectivity index (χ4v) is 5.01. The first kappa shape index (κ1) is 33.5. The van der Waals surface area contributed by atoms with Crippen molar-refractivity contribution in [2.45, 2.75) is 77.2 Å². The third-order valence-electron chi connectivity index (χ3n) is 6.11. The minimum absolute atomic E-state index is 0.212. The van der Waals surface area contributed by atoms with Crippen molar-refractivity contribution in [3.8, 4) is 18.1 Å². The van der Waals surface area contributed by atoms with Crippen LogP contribution < -0.4 is 10.1 Å². The van der Waals surface area contributed by atoms with Crippen LogP contribution in [0.2, 0.25) is 0 Å². The second-order valence-corrected chi connectivity index (χ2v) is 11.5. The molecule has 2 heterocycles. The molecule has 14 nitrogen and oxygen atoms in total. The molecule has 0 spiro atoms. The van der Waals surface area contributed by atoms with Gasteiger partial charge in [0, 0.05) is 39.0 Å². The largest absolute Gasteiger partial charge is 0.461 e. The van der Waals surface area contributed by atoms with Crippen molar-refractivity contribution in [1.82, 2.24) is 4.98 Å². The molecule has 2 aromatic rings. The summed E-state index contributed by atoms with van der Waals surface area (Å²) in [6.07, 6.45) is -1.36. The van der Waals surface area contributed by atoms with Gasteiger partial charge in [-0.1, -0.05) is 0 Å². The number of carbonyl (C=O) groups excluding carboxylic acids is 4. The van der Waals surface area contributed by atoms with E-state index in [9.17, 15) is 33.5 Å². The fourth-order valence-electron chi connectivity index (χ4n) is 4.41. The number of nitrogens with zero attached hydrogens (tertiary/aromatic N) is 1. The minimum atomic E-state index is -4.51. The number of carbonyl (C=O) groups is 4. The Morgan fingerprint density at radius 1 is 1.00 bits per heavy atom. The van der Waals surface area contributed by atoms with E-state index in [4.69, 9.17) is 30.1 Å². The number of anilines is 1. The lowest BCUT2D eigenvalue weighted by molar-refractivity contribution is -0.283. The maximum Gasteiger partial charge on any atom is 0.325 e. The van der Waals surface area contributed by atoms with Gasteiger partial charge < -0.3 is 38.8 Å². The van der Waals surface area contributed by atoms with Gasteiger partial charge in [0.05, 0.1) is 11.7 Å². The van der Waals surface area contributed by atoms with Gasteiger partial charge >= 0.3 is 25.5 Å². The number of esters is 3. The van der Waals surface area contributed by atoms with Crippen LogP contribution in [0.1, 0.15) is 46.5 Å². The van der Waals surface area contributed by atoms with Crippen molar-refractivity contribution < 1.29 is 57.2 Å². The molecule has 1 amide bonds. The summed E-state index contributed by atoms with van der Waals surface area (Å²) >= 11 is 0. The van der Waals surface area contributed by atoms with Crippen molar-refractivity contribution in [3.63, 3.8) is 0 Å². The molecule has 1 aromatic carbocycles. The Morgan fingerprint density at radius 3 is 2.28 bits per heavy atom. The summed E-state index contributed by atoms with van der Waals surface area (Å²) in [6, 6.07) is 8.03. The standard InChI is InChI=1S/C28H33N2O12P/c1-5-6-7-8-24(34)30-23-12-9-19-15-20(10-11-21(19)29-23)41-28-27(40-18(4)33)26(39-17(3)32)25(38-16(2)31)22(42-28)13-14-43(35,36)37/h1,9-12,15,22,25-28H,6-8,13-14H2,2-4H3,(H,29,30,34)(H2,35,36,37)/t22-,25-,26+,27+,28+/m1/s1. The highest BCUT2D eigenvalue weighted by Gasteiger charge is 2.53. The van der Waals surface area contributed by atoms with Gasteiger partial charge in [-0.05, 0) is 43.2 Å². The van der Waals surface area contributed by atoms with Gasteiger partial charge in [-0.25, -0.2) is 4.98 Å². The summed E-state index contributed by atoms with van der Waals surface area (Å²) < 4.78 is 39.7. The molecular formula is C28H33N2O12P. The molecule has 1 aliphatic heterocycles. The van der Waals surface area contributed by atoms with Gasteiger partial charge in [-0.15, -0.1) is 12.3 Å². The van der Waals surface area contributed by atoms with Crippen LogP contribution in [-0.2, 0) is 42.7 Å². The van der Waals surface area contributed by atoms with Gasteiger partial charge in [-0.2, -0.15) is 0 Å². The molecule has 0 unspecified atom stereocenters. The van der Waals surface area contributed by atoms with E-state index < -0.39 is 62.4 Å². The molecule has 1 saturated heterocycles. The number of nitrogens with one attached hydrogen (secondary N) is 1. The first-order valence-electron chi connectivity index (χ1n) is 13.3. The summed E-state index contributed by atoms with van der Waals surface area (Å²) in [5.74, 6) is 0.422. The molecule has 232 valence electrons. The second kappa shape index (κ2) is 14.9. The van der Waals surface area contributed by atoms with E-state index in [1.807, 2.05) is 0 Å². The van der Waals surface area contributed by atoms with Crippen LogP contribution in [0.25, 0.3) is 10.9 Å². The number of terminal acetylenes is 1. The molecule has 15 heteroatoms. The number of hydrogen-bond acceptors (Lipinski definition) is 11. The summed E-state index contributed by atoms with van der Waals surface area (Å²) in [4.78, 5) is 71.4. The first-order chi connectivity index (χ1) is 20.3. The normalized spacial score (nSPS) is 21.7. The Hall–Kier alpha value is -4.02. The van der Waals surface area contributed by atoms with E-state index in [1.165, 1.54) is 6.07 Å². The molecule has 1 aliphatic rings. The number of ether oxygens (including phenoxy) is 5. The highest BCUT2D eigenvalue weighted by atomic mass is 31.2. The molecule has 0 radical (unpaired) electrons. The quantitative estimate of drug-likeness (QED) is 0.103. The van der Waals surface area contributed by atoms with Crippen LogP contribution in [-0.4, -0.2) is 75.5 Å². The molecule has 1 fully saturated rings. The molecule has 5 atom stereocenters. The van der Waals surface area contributed by atoms with Gasteiger partial charge in [-0.3, -0.25) is 23.7 Å². The fraction of sp³-hybridized carbons (Fsp3) is 0.464. The van der Waals surface area contributed by atoms with Crippen molar-refractivity contribution in [2.75, 3.05) is 11.5 Å². The molecule has 0 saturated carbocycles. The van der Waals surface area contributed by atoms with E-state index in [1.54, 1.807) is 24.3 Å². The number of aromatic nitrogens is 1. The van der Waals surface area contributed by atoms with E-state index in [0.29, 0.717) is 29.6 Å². The predicted octanol–water partition coefficient (Wildman–Crippen LogP) is 2.44. The number of amides is 1. The van der Waals surface area contributed by atoms with E-state index in [-0.39, 0.29) is 24.5 Å². The highest BCUT2D eigenvalue weighted by molar-refractivity contribution is 7.51. The Bertz CT molecular complexity index is 1430. The Labute approximate surface area is 247 Å². The van der Waals surface area contributed by atoms with Crippen molar-refractivity contribution in [1.29, 1.82) is 0 Å². The smallest absolute Gasteiger partial charge is 0.325 e. The number of rotatable bonds is 12. The van der Waals surface area contributed by atoms with Crippen LogP contribution in [0.3, 0.4) is 0 Å². The lowest BCUT2D eigenvalue weighted by Gasteiger charge is -2.44. The van der Waals surface area contributed by atoms with E-state index in [0.717, 1.165) is 20.8 Å². The van der Waals surface area contributed by atoms with Crippen LogP contribution >= 0.6 is 7.60 Å². The number of hydrogen-bond donors (Lipinski definition) is 3. The average molecular weight is 621 g/mol. The van der Waals surface area contributed by atoms with Gasteiger partial charge in [0.15, 0.2) is 12.2 Å². The zero-order valence-electron chi connectivity index (χ0n) is 23.8. The van der Waals surface area contributed by atoms with Gasteiger partial charge in [0.2, 0.25) is 18.3 Å². The first-order valence-corrected chi connectivity index (χ1v) is 15.1. The van der Waals surface area contributed by atoms with Crippen molar-refractivity contribution in [2.24, 2.45) is 0 Å². The second-order valence-electron chi connectivity index (χ2n) is 9.72. The van der Waals surface area contributed by atoms with Gasteiger partial charge in [0.1, 0.15) is 17.7 Å². The highest BCUT2D eigenvalue weighted by Crippen LogP contribution is 2.39. The summed E-state index contributed by atoms with van der Waals surface area (Å²) in [5, 5.41) is 3.32. The van der Waals surface area contributed by atoms with Crippen molar-refractivity contribution in [3.05, 3.63) is 30.3 Å². The predicted molar refractivity (Wildman–Crippen MR) is 151 cm³/mol. The molecule has 43 heavy (non-hydrogen) atoms. The number of benzene rings is 1. The maximum absolute atomic E-state index is 12.1. The Morgan fingerprint density at radius 2 is 1.65 bits per heavy atom. The Balaban J connectivity index is 1.90. The molecule has 3 N–H and O–H groups in total. The monoisotopic (exact) mass is 620 g/mol. The lowest BCUT2D eigenvalue weighted by atomic mass is 9.96. The maximum atomic E-state index is 12.1. The molecule has 0 aliphatic carbocycles. The number of unbranched alkanes of at least 4 members (excludes halogenated alkanes) is 1. The number of fused-ring (bicyclic) bond motifs is 1. The van der Waals surface area contributed by atoms with Crippen LogP contribution in [0.15, 0.2) is 30.3 Å².